The first-order chi connectivity index (χ1) is 8.09. The number of hydrazine groups is 1. The molecule has 0 saturated heterocycles. The Labute approximate surface area is 102 Å². The number of carboxylic acids is 1. The van der Waals surface area contributed by atoms with E-state index in [9.17, 15) is 14.4 Å². The smallest absolute Gasteiger partial charge is 0.303 e. The third kappa shape index (κ3) is 5.12. The first kappa shape index (κ1) is 13.2. The number of hydrogen-bond donors (Lipinski definition) is 3. The van der Waals surface area contributed by atoms with E-state index in [1.165, 1.54) is 11.3 Å². The second-order valence-electron chi connectivity index (χ2n) is 3.23. The number of thiophene rings is 1. The lowest BCUT2D eigenvalue weighted by molar-refractivity contribution is -0.137. The molecule has 6 nitrogen and oxygen atoms in total. The van der Waals surface area contributed by atoms with Gasteiger partial charge in [0.15, 0.2) is 0 Å². The predicted molar refractivity (Wildman–Crippen MR) is 61.4 cm³/mol. The summed E-state index contributed by atoms with van der Waals surface area (Å²) >= 11 is 1.26. The van der Waals surface area contributed by atoms with Gasteiger partial charge >= 0.3 is 5.97 Å². The molecular weight excluding hydrogens is 244 g/mol. The molecule has 0 bridgehead atoms. The van der Waals surface area contributed by atoms with Gasteiger partial charge in [0.25, 0.3) is 5.91 Å². The van der Waals surface area contributed by atoms with Crippen LogP contribution in [0.2, 0.25) is 0 Å². The van der Waals surface area contributed by atoms with Gasteiger partial charge in [-0.3, -0.25) is 25.2 Å². The zero-order chi connectivity index (χ0) is 12.7. The van der Waals surface area contributed by atoms with Gasteiger partial charge in [-0.2, -0.15) is 0 Å². The second kappa shape index (κ2) is 6.64. The summed E-state index contributed by atoms with van der Waals surface area (Å²) in [5.74, 6) is -1.73. The molecule has 0 atom stereocenters. The quantitative estimate of drug-likeness (QED) is 0.678. The molecule has 17 heavy (non-hydrogen) atoms. The Morgan fingerprint density at radius 3 is 2.59 bits per heavy atom. The van der Waals surface area contributed by atoms with Gasteiger partial charge in [0.05, 0.1) is 4.88 Å². The highest BCUT2D eigenvalue weighted by Crippen LogP contribution is 2.07. The lowest BCUT2D eigenvalue weighted by Gasteiger charge is -2.05. The van der Waals surface area contributed by atoms with Gasteiger partial charge < -0.3 is 5.11 Å². The number of hydrogen-bond acceptors (Lipinski definition) is 4. The van der Waals surface area contributed by atoms with E-state index in [1.54, 1.807) is 17.5 Å². The molecule has 0 radical (unpaired) electrons. The number of rotatable bonds is 5. The summed E-state index contributed by atoms with van der Waals surface area (Å²) in [4.78, 5) is 33.3. The Hall–Kier alpha value is -1.89. The summed E-state index contributed by atoms with van der Waals surface area (Å²) in [5, 5.41) is 10.1. The average molecular weight is 256 g/mol. The Balaban J connectivity index is 2.20. The third-order valence-corrected chi connectivity index (χ3v) is 2.72. The maximum atomic E-state index is 11.4. The van der Waals surface area contributed by atoms with Crippen molar-refractivity contribution in [2.75, 3.05) is 0 Å². The number of amides is 2. The van der Waals surface area contributed by atoms with Crippen LogP contribution < -0.4 is 10.9 Å². The van der Waals surface area contributed by atoms with Gasteiger partial charge in [0.2, 0.25) is 5.91 Å². The van der Waals surface area contributed by atoms with E-state index in [2.05, 4.69) is 10.9 Å². The van der Waals surface area contributed by atoms with E-state index < -0.39 is 11.9 Å². The molecule has 0 aliphatic carbocycles. The highest BCUT2D eigenvalue weighted by Gasteiger charge is 2.08. The van der Waals surface area contributed by atoms with Crippen molar-refractivity contribution < 1.29 is 19.5 Å². The van der Waals surface area contributed by atoms with Gasteiger partial charge in [-0.05, 0) is 17.9 Å². The van der Waals surface area contributed by atoms with E-state index in [4.69, 9.17) is 5.11 Å². The summed E-state index contributed by atoms with van der Waals surface area (Å²) in [7, 11) is 0. The molecule has 1 rings (SSSR count). The van der Waals surface area contributed by atoms with Crippen LogP contribution in [0.4, 0.5) is 0 Å². The molecule has 7 heteroatoms. The van der Waals surface area contributed by atoms with E-state index in [-0.39, 0.29) is 25.2 Å². The fourth-order valence-electron chi connectivity index (χ4n) is 1.06. The Kier molecular flexibility index (Phi) is 5.15. The summed E-state index contributed by atoms with van der Waals surface area (Å²) in [6.45, 7) is 0. The summed E-state index contributed by atoms with van der Waals surface area (Å²) in [6, 6.07) is 3.37. The standard InChI is InChI=1S/C10H12N2O4S/c13-8(4-1-5-9(14)15)11-12-10(16)7-3-2-6-17-7/h2-3,6H,1,4-5H2,(H,11,13)(H,12,16)(H,14,15). The summed E-state index contributed by atoms with van der Waals surface area (Å²) < 4.78 is 0. The second-order valence-corrected chi connectivity index (χ2v) is 4.17. The van der Waals surface area contributed by atoms with Gasteiger partial charge in [-0.25, -0.2) is 0 Å². The first-order valence-corrected chi connectivity index (χ1v) is 5.82. The molecule has 1 heterocycles. The zero-order valence-corrected chi connectivity index (χ0v) is 9.75. The number of aliphatic carboxylic acids is 1. The monoisotopic (exact) mass is 256 g/mol. The van der Waals surface area contributed by atoms with Crippen LogP contribution in [0.3, 0.4) is 0 Å². The summed E-state index contributed by atoms with van der Waals surface area (Å²) in [6.07, 6.45) is 0.249. The fourth-order valence-corrected chi connectivity index (χ4v) is 1.68. The molecule has 0 spiro atoms. The molecule has 1 aromatic heterocycles. The minimum atomic E-state index is -0.944. The van der Waals surface area contributed by atoms with Crippen molar-refractivity contribution in [3.8, 4) is 0 Å². The van der Waals surface area contributed by atoms with E-state index in [0.29, 0.717) is 4.88 Å². The van der Waals surface area contributed by atoms with E-state index in [0.717, 1.165) is 0 Å². The van der Waals surface area contributed by atoms with Crippen LogP contribution in [-0.4, -0.2) is 22.9 Å². The number of carbonyl (C=O) groups is 3. The van der Waals surface area contributed by atoms with Crippen LogP contribution in [0, 0.1) is 0 Å². The van der Waals surface area contributed by atoms with Crippen molar-refractivity contribution in [1.82, 2.24) is 10.9 Å². The minimum absolute atomic E-state index is 0.0632. The average Bonchev–Trinajstić information content (AvgIpc) is 2.78. The highest BCUT2D eigenvalue weighted by atomic mass is 32.1. The largest absolute Gasteiger partial charge is 0.481 e. The predicted octanol–water partition coefficient (Wildman–Crippen LogP) is 0.764. The third-order valence-electron chi connectivity index (χ3n) is 1.85. The molecule has 0 aliphatic rings. The normalized spacial score (nSPS) is 9.65. The maximum absolute atomic E-state index is 11.4. The molecule has 0 aliphatic heterocycles. The molecule has 3 N–H and O–H groups in total. The lowest BCUT2D eigenvalue weighted by Crippen LogP contribution is -2.41. The molecule has 1 aromatic rings. The molecule has 0 aromatic carbocycles. The molecule has 92 valence electrons. The zero-order valence-electron chi connectivity index (χ0n) is 8.93. The van der Waals surface area contributed by atoms with E-state index in [1.807, 2.05) is 0 Å². The number of nitrogens with one attached hydrogen (secondary N) is 2. The molecule has 2 amide bonds. The highest BCUT2D eigenvalue weighted by molar-refractivity contribution is 7.12. The van der Waals surface area contributed by atoms with Crippen molar-refractivity contribution >= 4 is 29.1 Å². The van der Waals surface area contributed by atoms with Crippen LogP contribution in [-0.2, 0) is 9.59 Å². The summed E-state index contributed by atoms with van der Waals surface area (Å²) in [5.41, 5.74) is 4.47. The van der Waals surface area contributed by atoms with Crippen LogP contribution in [0.1, 0.15) is 28.9 Å². The van der Waals surface area contributed by atoms with Crippen LogP contribution in [0.15, 0.2) is 17.5 Å². The van der Waals surface area contributed by atoms with Crippen molar-refractivity contribution in [2.45, 2.75) is 19.3 Å². The molecule has 0 saturated carbocycles. The maximum Gasteiger partial charge on any atom is 0.303 e. The van der Waals surface area contributed by atoms with Crippen LogP contribution in [0.5, 0.6) is 0 Å². The molecular formula is C10H12N2O4S. The van der Waals surface area contributed by atoms with Crippen molar-refractivity contribution in [1.29, 1.82) is 0 Å². The number of carbonyl (C=O) groups excluding carboxylic acids is 2. The van der Waals surface area contributed by atoms with Gasteiger partial charge in [0.1, 0.15) is 0 Å². The fraction of sp³-hybridized carbons (Fsp3) is 0.300. The van der Waals surface area contributed by atoms with Crippen molar-refractivity contribution in [2.24, 2.45) is 0 Å². The lowest BCUT2D eigenvalue weighted by atomic mass is 10.2. The molecule has 0 unspecified atom stereocenters. The first-order valence-electron chi connectivity index (χ1n) is 4.94. The molecule has 0 fully saturated rings. The van der Waals surface area contributed by atoms with Crippen LogP contribution in [0.25, 0.3) is 0 Å². The Morgan fingerprint density at radius 1 is 1.24 bits per heavy atom. The van der Waals surface area contributed by atoms with Crippen molar-refractivity contribution in [3.05, 3.63) is 22.4 Å². The number of carboxylic acid groups (broad SMARTS) is 1. The van der Waals surface area contributed by atoms with Crippen molar-refractivity contribution in [3.63, 3.8) is 0 Å². The minimum Gasteiger partial charge on any atom is -0.481 e. The topological polar surface area (TPSA) is 95.5 Å². The van der Waals surface area contributed by atoms with E-state index >= 15 is 0 Å². The van der Waals surface area contributed by atoms with Crippen LogP contribution >= 0.6 is 11.3 Å². The SMILES string of the molecule is O=C(O)CCCC(=O)NNC(=O)c1cccs1. The van der Waals surface area contributed by atoms with Gasteiger partial charge in [0, 0.05) is 12.8 Å². The Morgan fingerprint density at radius 2 is 2.00 bits per heavy atom. The van der Waals surface area contributed by atoms with Gasteiger partial charge in [-0.15, -0.1) is 11.3 Å². The van der Waals surface area contributed by atoms with Gasteiger partial charge in [-0.1, -0.05) is 6.07 Å². The Bertz CT molecular complexity index is 402.